The number of nitrogens with zero attached hydrogens (tertiary/aromatic N) is 3. The van der Waals surface area contributed by atoms with Crippen LogP contribution in [0.3, 0.4) is 0 Å². The third kappa shape index (κ3) is 3.88. The molecule has 1 aromatic carbocycles. The topological polar surface area (TPSA) is 76.9 Å². The Hall–Kier alpha value is -2.84. The monoisotopic (exact) mass is 410 g/mol. The number of nitrogens with one attached hydrogen (secondary N) is 1. The van der Waals surface area contributed by atoms with Crippen LogP contribution in [0.2, 0.25) is 0 Å². The Balaban J connectivity index is 1.55. The van der Waals surface area contributed by atoms with Crippen LogP contribution in [0.1, 0.15) is 10.6 Å². The molecule has 0 aliphatic rings. The molecule has 0 unspecified atom stereocenters. The molecule has 0 atom stereocenters. The maximum atomic E-state index is 12.8. The maximum absolute atomic E-state index is 12.8. The fraction of sp³-hybridized carbons (Fsp3) is 0.200. The number of carbonyl (C=O) groups is 1. The predicted molar refractivity (Wildman–Crippen MR) is 113 cm³/mol. The molecule has 1 amide bonds. The molecule has 0 spiro atoms. The number of benzene rings is 1. The van der Waals surface area contributed by atoms with Crippen LogP contribution in [-0.2, 0) is 17.8 Å². The highest BCUT2D eigenvalue weighted by atomic mass is 32.1. The van der Waals surface area contributed by atoms with Crippen molar-refractivity contribution in [1.29, 1.82) is 0 Å². The average Bonchev–Trinajstić information content (AvgIpc) is 3.35. The van der Waals surface area contributed by atoms with Gasteiger partial charge in [-0.15, -0.1) is 22.7 Å². The lowest BCUT2D eigenvalue weighted by Gasteiger charge is -2.08. The average molecular weight is 411 g/mol. The molecule has 6 nitrogen and oxygen atoms in total. The number of hydrogen-bond donors (Lipinski definition) is 1. The first kappa shape index (κ1) is 18.5. The van der Waals surface area contributed by atoms with E-state index in [1.54, 1.807) is 11.3 Å². The summed E-state index contributed by atoms with van der Waals surface area (Å²) in [5.41, 5.74) is 1.89. The molecule has 0 fully saturated rings. The van der Waals surface area contributed by atoms with Crippen molar-refractivity contribution in [3.05, 3.63) is 68.8 Å². The molecule has 8 heteroatoms. The van der Waals surface area contributed by atoms with E-state index >= 15 is 0 Å². The van der Waals surface area contributed by atoms with Gasteiger partial charge in [0.25, 0.3) is 5.56 Å². The number of aryl methyl sites for hydroxylation is 1. The molecular weight excluding hydrogens is 392 g/mol. The first-order valence-electron chi connectivity index (χ1n) is 8.84. The van der Waals surface area contributed by atoms with Gasteiger partial charge in [0.2, 0.25) is 5.91 Å². The number of thiophene rings is 1. The molecule has 3 aromatic heterocycles. The summed E-state index contributed by atoms with van der Waals surface area (Å²) in [6.07, 6.45) is 0.736. The second-order valence-electron chi connectivity index (χ2n) is 6.28. The SMILES string of the molecule is Cc1nc2c(=O)n(CC(=O)NCCc3ccccc3)nc(-c3cccs3)c2s1. The van der Waals surface area contributed by atoms with E-state index in [4.69, 9.17) is 0 Å². The van der Waals surface area contributed by atoms with E-state index in [0.29, 0.717) is 17.8 Å². The highest BCUT2D eigenvalue weighted by Crippen LogP contribution is 2.31. The summed E-state index contributed by atoms with van der Waals surface area (Å²) >= 11 is 2.99. The van der Waals surface area contributed by atoms with Gasteiger partial charge >= 0.3 is 0 Å². The second kappa shape index (κ2) is 8.04. The fourth-order valence-electron chi connectivity index (χ4n) is 2.93. The summed E-state index contributed by atoms with van der Waals surface area (Å²) in [6.45, 7) is 2.24. The Morgan fingerprint density at radius 1 is 1.18 bits per heavy atom. The minimum atomic E-state index is -0.335. The Kier molecular flexibility index (Phi) is 5.31. The molecule has 0 aliphatic heterocycles. The molecule has 0 saturated carbocycles. The number of thiazole rings is 1. The Labute approximate surface area is 169 Å². The molecular formula is C20H18N4O2S2. The van der Waals surface area contributed by atoms with Crippen LogP contribution in [0.5, 0.6) is 0 Å². The highest BCUT2D eigenvalue weighted by Gasteiger charge is 2.18. The zero-order chi connectivity index (χ0) is 19.5. The number of rotatable bonds is 6. The summed E-state index contributed by atoms with van der Waals surface area (Å²) in [6, 6.07) is 13.8. The molecule has 28 heavy (non-hydrogen) atoms. The first-order chi connectivity index (χ1) is 13.6. The normalized spacial score (nSPS) is 11.0. The summed E-state index contributed by atoms with van der Waals surface area (Å²) in [4.78, 5) is 30.5. The quantitative estimate of drug-likeness (QED) is 0.529. The highest BCUT2D eigenvalue weighted by molar-refractivity contribution is 7.20. The number of fused-ring (bicyclic) bond motifs is 1. The molecule has 3 heterocycles. The van der Waals surface area contributed by atoms with E-state index in [1.165, 1.54) is 16.0 Å². The van der Waals surface area contributed by atoms with Gasteiger partial charge < -0.3 is 5.32 Å². The number of aromatic nitrogens is 3. The van der Waals surface area contributed by atoms with Gasteiger partial charge in [0.15, 0.2) is 5.52 Å². The van der Waals surface area contributed by atoms with Gasteiger partial charge in [-0.2, -0.15) is 5.10 Å². The zero-order valence-corrected chi connectivity index (χ0v) is 16.8. The third-order valence-electron chi connectivity index (χ3n) is 4.23. The van der Waals surface area contributed by atoms with Gasteiger partial charge in [-0.25, -0.2) is 9.67 Å². The lowest BCUT2D eigenvalue weighted by molar-refractivity contribution is -0.121. The summed E-state index contributed by atoms with van der Waals surface area (Å²) in [5.74, 6) is -0.242. The fourth-order valence-corrected chi connectivity index (χ4v) is 4.62. The van der Waals surface area contributed by atoms with Crippen molar-refractivity contribution >= 4 is 38.8 Å². The van der Waals surface area contributed by atoms with Crippen LogP contribution in [0.4, 0.5) is 0 Å². The summed E-state index contributed by atoms with van der Waals surface area (Å²) in [5, 5.41) is 10.1. The molecule has 0 radical (unpaired) electrons. The van der Waals surface area contributed by atoms with Crippen molar-refractivity contribution in [2.75, 3.05) is 6.54 Å². The first-order valence-corrected chi connectivity index (χ1v) is 10.5. The van der Waals surface area contributed by atoms with Crippen LogP contribution in [0.15, 0.2) is 52.6 Å². The number of amides is 1. The smallest absolute Gasteiger partial charge is 0.294 e. The van der Waals surface area contributed by atoms with Gasteiger partial charge in [0.05, 0.1) is 14.6 Å². The van der Waals surface area contributed by atoms with Crippen molar-refractivity contribution in [3.63, 3.8) is 0 Å². The Morgan fingerprint density at radius 2 is 2.00 bits per heavy atom. The molecule has 0 aliphatic carbocycles. The van der Waals surface area contributed by atoms with Crippen molar-refractivity contribution in [3.8, 4) is 10.6 Å². The van der Waals surface area contributed by atoms with Crippen LogP contribution in [0.25, 0.3) is 20.8 Å². The molecule has 0 bridgehead atoms. The molecule has 0 saturated heterocycles. The molecule has 142 valence electrons. The lowest BCUT2D eigenvalue weighted by atomic mass is 10.1. The van der Waals surface area contributed by atoms with Gasteiger partial charge in [-0.3, -0.25) is 9.59 Å². The van der Waals surface area contributed by atoms with E-state index in [9.17, 15) is 9.59 Å². The Morgan fingerprint density at radius 3 is 2.75 bits per heavy atom. The predicted octanol–water partition coefficient (Wildman–Crippen LogP) is 3.25. The molecule has 1 N–H and O–H groups in total. The molecule has 4 rings (SSSR count). The van der Waals surface area contributed by atoms with E-state index < -0.39 is 0 Å². The summed E-state index contributed by atoms with van der Waals surface area (Å²) < 4.78 is 1.99. The van der Waals surface area contributed by atoms with Crippen molar-refractivity contribution in [2.24, 2.45) is 0 Å². The van der Waals surface area contributed by atoms with E-state index in [2.05, 4.69) is 15.4 Å². The third-order valence-corrected chi connectivity index (χ3v) is 6.09. The van der Waals surface area contributed by atoms with Crippen molar-refractivity contribution < 1.29 is 4.79 Å². The molecule has 4 aromatic rings. The van der Waals surface area contributed by atoms with Crippen LogP contribution >= 0.6 is 22.7 Å². The van der Waals surface area contributed by atoms with Gasteiger partial charge in [0.1, 0.15) is 12.2 Å². The minimum absolute atomic E-state index is 0.126. The number of carbonyl (C=O) groups excluding carboxylic acids is 1. The van der Waals surface area contributed by atoms with Gasteiger partial charge in [0, 0.05) is 6.54 Å². The van der Waals surface area contributed by atoms with Gasteiger partial charge in [-0.05, 0) is 30.4 Å². The van der Waals surface area contributed by atoms with Crippen LogP contribution in [0, 0.1) is 6.92 Å². The van der Waals surface area contributed by atoms with Crippen molar-refractivity contribution in [2.45, 2.75) is 19.9 Å². The van der Waals surface area contributed by atoms with Crippen molar-refractivity contribution in [1.82, 2.24) is 20.1 Å². The standard InChI is InChI=1S/C20H18N4O2S2/c1-13-22-18-19(28-13)17(15-8-5-11-27-15)23-24(20(18)26)12-16(25)21-10-9-14-6-3-2-4-7-14/h2-8,11H,9-10,12H2,1H3,(H,21,25). The van der Waals surface area contributed by atoms with Crippen LogP contribution in [-0.4, -0.2) is 27.2 Å². The van der Waals surface area contributed by atoms with E-state index in [0.717, 1.165) is 26.6 Å². The lowest BCUT2D eigenvalue weighted by Crippen LogP contribution is -2.34. The van der Waals surface area contributed by atoms with Gasteiger partial charge in [-0.1, -0.05) is 36.4 Å². The zero-order valence-electron chi connectivity index (χ0n) is 15.2. The minimum Gasteiger partial charge on any atom is -0.354 e. The largest absolute Gasteiger partial charge is 0.354 e. The number of hydrogen-bond acceptors (Lipinski definition) is 6. The van der Waals surface area contributed by atoms with E-state index in [1.807, 2.05) is 54.8 Å². The van der Waals surface area contributed by atoms with E-state index in [-0.39, 0.29) is 18.0 Å². The van der Waals surface area contributed by atoms with Crippen LogP contribution < -0.4 is 10.9 Å². The maximum Gasteiger partial charge on any atom is 0.294 e. The second-order valence-corrected chi connectivity index (χ2v) is 8.44. The Bertz CT molecular complexity index is 1160. The summed E-state index contributed by atoms with van der Waals surface area (Å²) in [7, 11) is 0.